The van der Waals surface area contributed by atoms with Crippen LogP contribution >= 0.6 is 0 Å². The molecule has 1 N–H and O–H groups in total. The summed E-state index contributed by atoms with van der Waals surface area (Å²) in [6.07, 6.45) is 3.39. The first-order valence-corrected chi connectivity index (χ1v) is 8.67. The van der Waals surface area contributed by atoms with Gasteiger partial charge >= 0.3 is 0 Å². The van der Waals surface area contributed by atoms with E-state index in [1.807, 2.05) is 18.2 Å². The predicted molar refractivity (Wildman–Crippen MR) is 97.7 cm³/mol. The summed E-state index contributed by atoms with van der Waals surface area (Å²) in [5.41, 5.74) is 2.41. The maximum atomic E-state index is 12.5. The normalized spacial score (nSPS) is 16.0. The van der Waals surface area contributed by atoms with Gasteiger partial charge in [-0.15, -0.1) is 0 Å². The first kappa shape index (κ1) is 17.6. The molecule has 25 heavy (non-hydrogen) atoms. The lowest BCUT2D eigenvalue weighted by Gasteiger charge is -2.26. The Balaban J connectivity index is 1.65. The third-order valence-electron chi connectivity index (χ3n) is 4.23. The Kier molecular flexibility index (Phi) is 5.20. The summed E-state index contributed by atoms with van der Waals surface area (Å²) in [6.45, 7) is 10.5. The molecule has 1 amide bonds. The highest BCUT2D eigenvalue weighted by molar-refractivity contribution is 6.03. The molecule has 0 saturated carbocycles. The Morgan fingerprint density at radius 3 is 2.72 bits per heavy atom. The second kappa shape index (κ2) is 7.37. The summed E-state index contributed by atoms with van der Waals surface area (Å²) in [5, 5.41) is 7.25. The number of amides is 1. The SMILES string of the molecule is CC(C)(C)n1cc(C(=O)Nc2cccc(CN3CCOCC3)c2)cn1. The van der Waals surface area contributed by atoms with Crippen molar-refractivity contribution in [2.24, 2.45) is 0 Å². The number of hydrogen-bond donors (Lipinski definition) is 1. The Morgan fingerprint density at radius 2 is 2.04 bits per heavy atom. The highest BCUT2D eigenvalue weighted by Gasteiger charge is 2.17. The number of nitrogens with zero attached hydrogens (tertiary/aromatic N) is 3. The number of rotatable bonds is 4. The molecule has 0 radical (unpaired) electrons. The van der Waals surface area contributed by atoms with Crippen molar-refractivity contribution in [1.82, 2.24) is 14.7 Å². The smallest absolute Gasteiger partial charge is 0.258 e. The van der Waals surface area contributed by atoms with Crippen molar-refractivity contribution >= 4 is 11.6 Å². The summed E-state index contributed by atoms with van der Waals surface area (Å²) in [6, 6.07) is 8.00. The summed E-state index contributed by atoms with van der Waals surface area (Å²) < 4.78 is 7.18. The molecule has 1 fully saturated rings. The largest absolute Gasteiger partial charge is 0.379 e. The Hall–Kier alpha value is -2.18. The highest BCUT2D eigenvalue weighted by atomic mass is 16.5. The van der Waals surface area contributed by atoms with Crippen LogP contribution < -0.4 is 5.32 Å². The molecule has 2 heterocycles. The van der Waals surface area contributed by atoms with Crippen LogP contribution in [0.15, 0.2) is 36.7 Å². The minimum absolute atomic E-state index is 0.140. The van der Waals surface area contributed by atoms with Crippen LogP contribution in [0.3, 0.4) is 0 Å². The lowest BCUT2D eigenvalue weighted by Crippen LogP contribution is -2.35. The van der Waals surface area contributed by atoms with Crippen molar-refractivity contribution in [1.29, 1.82) is 0 Å². The van der Waals surface area contributed by atoms with Gasteiger partial charge in [-0.25, -0.2) is 0 Å². The molecular weight excluding hydrogens is 316 g/mol. The number of hydrogen-bond acceptors (Lipinski definition) is 4. The third kappa shape index (κ3) is 4.67. The average molecular weight is 342 g/mol. The van der Waals surface area contributed by atoms with E-state index in [0.717, 1.165) is 38.5 Å². The Labute approximate surface area is 148 Å². The molecule has 0 bridgehead atoms. The molecule has 0 spiro atoms. The van der Waals surface area contributed by atoms with Gasteiger partial charge in [0.05, 0.1) is 30.5 Å². The van der Waals surface area contributed by atoms with E-state index in [1.54, 1.807) is 17.1 Å². The van der Waals surface area contributed by atoms with Crippen molar-refractivity contribution in [3.63, 3.8) is 0 Å². The first-order chi connectivity index (χ1) is 11.9. The number of ether oxygens (including phenoxy) is 1. The van der Waals surface area contributed by atoms with Crippen LogP contribution in [0.1, 0.15) is 36.7 Å². The molecule has 2 aromatic rings. The van der Waals surface area contributed by atoms with E-state index in [2.05, 4.69) is 42.2 Å². The van der Waals surface area contributed by atoms with E-state index in [0.29, 0.717) is 5.56 Å². The van der Waals surface area contributed by atoms with Gasteiger partial charge in [-0.05, 0) is 38.5 Å². The van der Waals surface area contributed by atoms with Crippen LogP contribution in [0.25, 0.3) is 0 Å². The van der Waals surface area contributed by atoms with Crippen molar-refractivity contribution < 1.29 is 9.53 Å². The molecule has 0 aliphatic carbocycles. The topological polar surface area (TPSA) is 59.4 Å². The van der Waals surface area contributed by atoms with Gasteiger partial charge in [-0.1, -0.05) is 12.1 Å². The van der Waals surface area contributed by atoms with Gasteiger partial charge in [-0.3, -0.25) is 14.4 Å². The van der Waals surface area contributed by atoms with Crippen molar-refractivity contribution in [3.05, 3.63) is 47.8 Å². The molecule has 1 aromatic carbocycles. The van der Waals surface area contributed by atoms with Crippen LogP contribution in [0.2, 0.25) is 0 Å². The number of carbonyl (C=O) groups is 1. The average Bonchev–Trinajstić information content (AvgIpc) is 3.06. The van der Waals surface area contributed by atoms with Crippen LogP contribution in [-0.2, 0) is 16.8 Å². The van der Waals surface area contributed by atoms with Crippen molar-refractivity contribution in [2.45, 2.75) is 32.9 Å². The first-order valence-electron chi connectivity index (χ1n) is 8.67. The van der Waals surface area contributed by atoms with E-state index in [-0.39, 0.29) is 11.4 Å². The number of carbonyl (C=O) groups excluding carboxylic acids is 1. The standard InChI is InChI=1S/C19H26N4O2/c1-19(2,3)23-14-16(12-20-23)18(24)21-17-6-4-5-15(11-17)13-22-7-9-25-10-8-22/h4-6,11-12,14H,7-10,13H2,1-3H3,(H,21,24). The lowest BCUT2D eigenvalue weighted by atomic mass is 10.1. The van der Waals surface area contributed by atoms with Gasteiger partial charge < -0.3 is 10.1 Å². The maximum Gasteiger partial charge on any atom is 0.258 e. The number of nitrogens with one attached hydrogen (secondary N) is 1. The molecule has 6 heteroatoms. The summed E-state index contributed by atoms with van der Waals surface area (Å²) >= 11 is 0. The zero-order valence-corrected chi connectivity index (χ0v) is 15.2. The molecule has 6 nitrogen and oxygen atoms in total. The molecule has 0 unspecified atom stereocenters. The second-order valence-corrected chi connectivity index (χ2v) is 7.39. The number of anilines is 1. The van der Waals surface area contributed by atoms with Gasteiger partial charge in [0, 0.05) is 31.5 Å². The molecule has 0 atom stereocenters. The van der Waals surface area contributed by atoms with E-state index in [4.69, 9.17) is 4.74 Å². The summed E-state index contributed by atoms with van der Waals surface area (Å²) in [7, 11) is 0. The third-order valence-corrected chi connectivity index (χ3v) is 4.23. The molecule has 134 valence electrons. The fourth-order valence-corrected chi connectivity index (χ4v) is 2.78. The number of benzene rings is 1. The molecule has 1 aromatic heterocycles. The van der Waals surface area contributed by atoms with E-state index >= 15 is 0 Å². The van der Waals surface area contributed by atoms with Crippen LogP contribution in [0, 0.1) is 0 Å². The fraction of sp³-hybridized carbons (Fsp3) is 0.474. The minimum atomic E-state index is -0.142. The molecule has 1 aliphatic rings. The van der Waals surface area contributed by atoms with Gasteiger partial charge in [0.15, 0.2) is 0 Å². The van der Waals surface area contributed by atoms with E-state index < -0.39 is 0 Å². The zero-order valence-electron chi connectivity index (χ0n) is 15.2. The zero-order chi connectivity index (χ0) is 17.9. The van der Waals surface area contributed by atoms with Crippen LogP contribution in [-0.4, -0.2) is 46.9 Å². The predicted octanol–water partition coefficient (Wildman–Crippen LogP) is 2.72. The van der Waals surface area contributed by atoms with Gasteiger partial charge in [-0.2, -0.15) is 5.10 Å². The lowest BCUT2D eigenvalue weighted by molar-refractivity contribution is 0.0342. The maximum absolute atomic E-state index is 12.5. The van der Waals surface area contributed by atoms with Crippen LogP contribution in [0.4, 0.5) is 5.69 Å². The molecule has 1 saturated heterocycles. The van der Waals surface area contributed by atoms with Gasteiger partial charge in [0.2, 0.25) is 0 Å². The minimum Gasteiger partial charge on any atom is -0.379 e. The molecule has 1 aliphatic heterocycles. The monoisotopic (exact) mass is 342 g/mol. The van der Waals surface area contributed by atoms with Crippen LogP contribution in [0.5, 0.6) is 0 Å². The van der Waals surface area contributed by atoms with E-state index in [9.17, 15) is 4.79 Å². The summed E-state index contributed by atoms with van der Waals surface area (Å²) in [4.78, 5) is 14.8. The fourth-order valence-electron chi connectivity index (χ4n) is 2.78. The molecule has 3 rings (SSSR count). The van der Waals surface area contributed by atoms with Crippen molar-refractivity contribution in [2.75, 3.05) is 31.6 Å². The van der Waals surface area contributed by atoms with Crippen molar-refractivity contribution in [3.8, 4) is 0 Å². The number of aromatic nitrogens is 2. The van der Waals surface area contributed by atoms with Gasteiger partial charge in [0.25, 0.3) is 5.91 Å². The quantitative estimate of drug-likeness (QED) is 0.928. The van der Waals surface area contributed by atoms with E-state index in [1.165, 1.54) is 5.56 Å². The Bertz CT molecular complexity index is 727. The Morgan fingerprint density at radius 1 is 1.28 bits per heavy atom. The highest BCUT2D eigenvalue weighted by Crippen LogP contribution is 2.16. The summed E-state index contributed by atoms with van der Waals surface area (Å²) in [5.74, 6) is -0.140. The molecular formula is C19H26N4O2. The number of morpholine rings is 1. The second-order valence-electron chi connectivity index (χ2n) is 7.39. The van der Waals surface area contributed by atoms with Gasteiger partial charge in [0.1, 0.15) is 0 Å².